The lowest BCUT2D eigenvalue weighted by atomic mass is 10.1. The fourth-order valence-corrected chi connectivity index (χ4v) is 3.04. The quantitative estimate of drug-likeness (QED) is 0.943. The summed E-state index contributed by atoms with van der Waals surface area (Å²) in [6.07, 6.45) is 0. The number of hydrogen-bond acceptors (Lipinski definition) is 5. The van der Waals surface area contributed by atoms with Crippen molar-refractivity contribution < 1.29 is 9.53 Å². The summed E-state index contributed by atoms with van der Waals surface area (Å²) < 4.78 is 5.30. The van der Waals surface area contributed by atoms with Crippen LogP contribution in [0.15, 0.2) is 6.07 Å². The van der Waals surface area contributed by atoms with Gasteiger partial charge < -0.3 is 10.1 Å². The number of methoxy groups -OCH3 is 1. The molecule has 0 aliphatic heterocycles. The van der Waals surface area contributed by atoms with Crippen molar-refractivity contribution in [1.29, 1.82) is 0 Å². The molecule has 0 spiro atoms. The van der Waals surface area contributed by atoms with Crippen LogP contribution in [-0.4, -0.2) is 23.0 Å². The lowest BCUT2D eigenvalue weighted by molar-refractivity contribution is 0.0954. The summed E-state index contributed by atoms with van der Waals surface area (Å²) in [5.74, 6) is 0.449. The van der Waals surface area contributed by atoms with Crippen LogP contribution in [0.25, 0.3) is 0 Å². The van der Waals surface area contributed by atoms with Crippen molar-refractivity contribution in [3.63, 3.8) is 0 Å². The van der Waals surface area contributed by atoms with Crippen molar-refractivity contribution in [3.05, 3.63) is 38.5 Å². The van der Waals surface area contributed by atoms with Crippen molar-refractivity contribution in [1.82, 2.24) is 15.3 Å². The first-order valence-electron chi connectivity index (χ1n) is 6.65. The van der Waals surface area contributed by atoms with Gasteiger partial charge in [0.2, 0.25) is 5.88 Å². The van der Waals surface area contributed by atoms with Gasteiger partial charge in [0.1, 0.15) is 4.88 Å². The normalized spacial score (nSPS) is 10.5. The number of aromatic nitrogens is 2. The third-order valence-electron chi connectivity index (χ3n) is 3.17. The molecule has 21 heavy (non-hydrogen) atoms. The van der Waals surface area contributed by atoms with Crippen molar-refractivity contribution >= 4 is 17.2 Å². The highest BCUT2D eigenvalue weighted by atomic mass is 32.1. The minimum absolute atomic E-state index is 0.111. The van der Waals surface area contributed by atoms with E-state index >= 15 is 0 Å². The summed E-state index contributed by atoms with van der Waals surface area (Å²) in [6, 6.07) is 1.98. The summed E-state index contributed by atoms with van der Waals surface area (Å²) in [4.78, 5) is 21.5. The molecule has 2 aromatic heterocycles. The minimum Gasteiger partial charge on any atom is -0.481 e. The molecular formula is C15H19N3O2S. The average Bonchev–Trinajstić information content (AvgIpc) is 2.75. The Kier molecular flexibility index (Phi) is 4.57. The molecule has 1 amide bonds. The van der Waals surface area contributed by atoms with Crippen molar-refractivity contribution in [2.24, 2.45) is 0 Å². The van der Waals surface area contributed by atoms with Crippen LogP contribution in [0.3, 0.4) is 0 Å². The van der Waals surface area contributed by atoms with Gasteiger partial charge in [-0.2, -0.15) is 0 Å². The maximum atomic E-state index is 12.2. The molecule has 0 unspecified atom stereocenters. The van der Waals surface area contributed by atoms with Gasteiger partial charge in [-0.25, -0.2) is 9.97 Å². The number of nitrogens with one attached hydrogen (secondary N) is 1. The molecule has 0 saturated carbocycles. The van der Waals surface area contributed by atoms with E-state index in [0.29, 0.717) is 17.3 Å². The minimum atomic E-state index is -0.111. The average molecular weight is 305 g/mol. The molecule has 6 heteroatoms. The third kappa shape index (κ3) is 3.39. The van der Waals surface area contributed by atoms with Crippen LogP contribution in [0.1, 0.15) is 37.2 Å². The van der Waals surface area contributed by atoms with Crippen LogP contribution in [-0.2, 0) is 6.54 Å². The van der Waals surface area contributed by atoms with Crippen LogP contribution >= 0.6 is 11.3 Å². The molecular weight excluding hydrogens is 286 g/mol. The van der Waals surface area contributed by atoms with Crippen LogP contribution in [0, 0.1) is 27.7 Å². The number of carbonyl (C=O) groups is 1. The van der Waals surface area contributed by atoms with Crippen LogP contribution in [0.5, 0.6) is 5.88 Å². The predicted octanol–water partition coefficient (Wildman–Crippen LogP) is 2.71. The number of thiazole rings is 1. The zero-order valence-electron chi connectivity index (χ0n) is 12.9. The third-order valence-corrected chi connectivity index (χ3v) is 4.24. The van der Waals surface area contributed by atoms with Crippen molar-refractivity contribution in [3.8, 4) is 5.88 Å². The molecule has 5 nitrogen and oxygen atoms in total. The SMILES string of the molecule is COc1nc(C)cc(C)c1CNC(=O)c1sc(C)nc1C. The molecule has 0 fully saturated rings. The number of aryl methyl sites for hydroxylation is 4. The predicted molar refractivity (Wildman–Crippen MR) is 83.0 cm³/mol. The van der Waals surface area contributed by atoms with E-state index < -0.39 is 0 Å². The van der Waals surface area contributed by atoms with Crippen LogP contribution in [0.4, 0.5) is 0 Å². The first kappa shape index (κ1) is 15.4. The first-order chi connectivity index (χ1) is 9.92. The monoisotopic (exact) mass is 305 g/mol. The number of rotatable bonds is 4. The lowest BCUT2D eigenvalue weighted by Gasteiger charge is -2.12. The van der Waals surface area contributed by atoms with E-state index in [1.807, 2.05) is 33.8 Å². The van der Waals surface area contributed by atoms with Gasteiger partial charge in [0.15, 0.2) is 0 Å². The molecule has 0 atom stereocenters. The van der Waals surface area contributed by atoms with Gasteiger partial charge in [-0.3, -0.25) is 4.79 Å². The van der Waals surface area contributed by atoms with Crippen molar-refractivity contribution in [2.75, 3.05) is 7.11 Å². The maximum absolute atomic E-state index is 12.2. The van der Waals surface area contributed by atoms with E-state index in [4.69, 9.17) is 4.74 Å². The second-order valence-electron chi connectivity index (χ2n) is 4.90. The van der Waals surface area contributed by atoms with Gasteiger partial charge in [0.25, 0.3) is 5.91 Å². The molecule has 1 N–H and O–H groups in total. The molecule has 0 radical (unpaired) electrons. The Labute approximate surface area is 128 Å². The molecule has 0 bridgehead atoms. The smallest absolute Gasteiger partial charge is 0.263 e. The fraction of sp³-hybridized carbons (Fsp3) is 0.400. The number of hydrogen-bond donors (Lipinski definition) is 1. The fourth-order valence-electron chi connectivity index (χ4n) is 2.20. The number of ether oxygens (including phenoxy) is 1. The summed E-state index contributed by atoms with van der Waals surface area (Å²) in [5, 5.41) is 3.81. The number of amides is 1. The maximum Gasteiger partial charge on any atom is 0.263 e. The van der Waals surface area contributed by atoms with E-state index in [1.54, 1.807) is 7.11 Å². The van der Waals surface area contributed by atoms with E-state index in [2.05, 4.69) is 15.3 Å². The Bertz CT molecular complexity index is 680. The van der Waals surface area contributed by atoms with Crippen LogP contribution < -0.4 is 10.1 Å². The number of carbonyl (C=O) groups excluding carboxylic acids is 1. The van der Waals surface area contributed by atoms with E-state index in [-0.39, 0.29) is 5.91 Å². The Balaban J connectivity index is 2.17. The number of pyridine rings is 1. The largest absolute Gasteiger partial charge is 0.481 e. The Hall–Kier alpha value is -1.95. The molecule has 112 valence electrons. The molecule has 2 aromatic rings. The van der Waals surface area contributed by atoms with Gasteiger partial charge in [0.05, 0.1) is 17.8 Å². The van der Waals surface area contributed by atoms with Gasteiger partial charge >= 0.3 is 0 Å². The van der Waals surface area contributed by atoms with Gasteiger partial charge in [0, 0.05) is 17.8 Å². The van der Waals surface area contributed by atoms with Crippen molar-refractivity contribution in [2.45, 2.75) is 34.2 Å². The summed E-state index contributed by atoms with van der Waals surface area (Å²) in [6.45, 7) is 8.03. The van der Waals surface area contributed by atoms with E-state index in [1.165, 1.54) is 11.3 Å². The van der Waals surface area contributed by atoms with Gasteiger partial charge in [-0.15, -0.1) is 11.3 Å². The summed E-state index contributed by atoms with van der Waals surface area (Å²) in [7, 11) is 1.59. The van der Waals surface area contributed by atoms with E-state index in [0.717, 1.165) is 27.5 Å². The first-order valence-corrected chi connectivity index (χ1v) is 7.47. The molecule has 0 aliphatic carbocycles. The second-order valence-corrected chi connectivity index (χ2v) is 6.10. The highest BCUT2D eigenvalue weighted by molar-refractivity contribution is 7.13. The highest BCUT2D eigenvalue weighted by Gasteiger charge is 2.15. The summed E-state index contributed by atoms with van der Waals surface area (Å²) in [5.41, 5.74) is 3.61. The Morgan fingerprint density at radius 1 is 1.29 bits per heavy atom. The number of nitrogens with zero attached hydrogens (tertiary/aromatic N) is 2. The van der Waals surface area contributed by atoms with Gasteiger partial charge in [-0.05, 0) is 39.3 Å². The van der Waals surface area contributed by atoms with Gasteiger partial charge in [-0.1, -0.05) is 0 Å². The molecule has 2 heterocycles. The van der Waals surface area contributed by atoms with Crippen LogP contribution in [0.2, 0.25) is 0 Å². The summed E-state index contributed by atoms with van der Waals surface area (Å²) >= 11 is 1.40. The Morgan fingerprint density at radius 3 is 2.57 bits per heavy atom. The lowest BCUT2D eigenvalue weighted by Crippen LogP contribution is -2.23. The van der Waals surface area contributed by atoms with E-state index in [9.17, 15) is 4.79 Å². The topological polar surface area (TPSA) is 64.1 Å². The molecule has 0 aromatic carbocycles. The molecule has 0 aliphatic rings. The second kappa shape index (κ2) is 6.22. The standard InChI is InChI=1S/C15H19N3O2S/c1-8-6-9(2)17-15(20-5)12(8)7-16-14(19)13-10(3)18-11(4)21-13/h6H,7H2,1-5H3,(H,16,19). The highest BCUT2D eigenvalue weighted by Crippen LogP contribution is 2.21. The molecule has 0 saturated heterocycles. The zero-order valence-corrected chi connectivity index (χ0v) is 13.7. The zero-order chi connectivity index (χ0) is 15.6. The molecule has 2 rings (SSSR count). The Morgan fingerprint density at radius 2 is 2.00 bits per heavy atom.